The highest BCUT2D eigenvalue weighted by atomic mass is 16.2. The fraction of sp³-hybridized carbons (Fsp3) is 0.500. The molecule has 1 fully saturated rings. The first-order valence-electron chi connectivity index (χ1n) is 6.11. The average molecular weight is 232 g/mol. The van der Waals surface area contributed by atoms with Crippen molar-refractivity contribution in [3.63, 3.8) is 0 Å². The Labute approximate surface area is 103 Å². The van der Waals surface area contributed by atoms with Crippen molar-refractivity contribution in [1.29, 1.82) is 0 Å². The molecule has 1 aromatic rings. The highest BCUT2D eigenvalue weighted by Gasteiger charge is 2.30. The van der Waals surface area contributed by atoms with E-state index >= 15 is 0 Å². The van der Waals surface area contributed by atoms with Gasteiger partial charge in [0, 0.05) is 25.3 Å². The lowest BCUT2D eigenvalue weighted by Gasteiger charge is -2.40. The Morgan fingerprint density at radius 3 is 2.29 bits per heavy atom. The molecule has 1 saturated heterocycles. The molecule has 17 heavy (non-hydrogen) atoms. The van der Waals surface area contributed by atoms with Gasteiger partial charge in [-0.2, -0.15) is 0 Å². The molecule has 2 rings (SSSR count). The standard InChI is InChI=1S/C14H20N2O/c1-10-7-11(2)9-13(8-10)15(4)14(17)16-6-5-12(16)3/h7-9,12H,5-6H2,1-4H3. The van der Waals surface area contributed by atoms with Crippen LogP contribution < -0.4 is 4.90 Å². The number of amides is 2. The second-order valence-corrected chi connectivity index (χ2v) is 5.02. The molecular formula is C14H20N2O. The van der Waals surface area contributed by atoms with Crippen LogP contribution in [-0.4, -0.2) is 30.6 Å². The number of carbonyl (C=O) groups is 1. The first-order valence-corrected chi connectivity index (χ1v) is 6.11. The number of hydrogen-bond acceptors (Lipinski definition) is 1. The number of aryl methyl sites for hydroxylation is 2. The van der Waals surface area contributed by atoms with E-state index in [2.05, 4.69) is 39.0 Å². The molecule has 1 atom stereocenters. The van der Waals surface area contributed by atoms with Gasteiger partial charge in [0.25, 0.3) is 0 Å². The molecule has 0 saturated carbocycles. The monoisotopic (exact) mass is 232 g/mol. The van der Waals surface area contributed by atoms with Crippen LogP contribution >= 0.6 is 0 Å². The van der Waals surface area contributed by atoms with Crippen LogP contribution in [0.3, 0.4) is 0 Å². The lowest BCUT2D eigenvalue weighted by atomic mass is 10.1. The Balaban J connectivity index is 2.18. The van der Waals surface area contributed by atoms with Crippen molar-refractivity contribution < 1.29 is 4.79 Å². The number of anilines is 1. The van der Waals surface area contributed by atoms with E-state index in [4.69, 9.17) is 0 Å². The Hall–Kier alpha value is -1.51. The van der Waals surface area contributed by atoms with Gasteiger partial charge >= 0.3 is 6.03 Å². The third-order valence-electron chi connectivity index (χ3n) is 3.45. The first kappa shape index (κ1) is 12.0. The quantitative estimate of drug-likeness (QED) is 0.730. The molecule has 0 N–H and O–H groups in total. The summed E-state index contributed by atoms with van der Waals surface area (Å²) >= 11 is 0. The van der Waals surface area contributed by atoms with Crippen LogP contribution in [0.5, 0.6) is 0 Å². The zero-order valence-corrected chi connectivity index (χ0v) is 11.0. The predicted octanol–water partition coefficient (Wildman–Crippen LogP) is 2.95. The van der Waals surface area contributed by atoms with Crippen LogP contribution in [0.15, 0.2) is 18.2 Å². The summed E-state index contributed by atoms with van der Waals surface area (Å²) in [6.45, 7) is 7.09. The van der Waals surface area contributed by atoms with Gasteiger partial charge in [-0.1, -0.05) is 6.07 Å². The van der Waals surface area contributed by atoms with E-state index in [0.717, 1.165) is 18.7 Å². The number of rotatable bonds is 1. The molecule has 1 heterocycles. The maximum absolute atomic E-state index is 12.2. The molecule has 1 aromatic carbocycles. The topological polar surface area (TPSA) is 23.6 Å². The van der Waals surface area contributed by atoms with Crippen molar-refractivity contribution in [3.05, 3.63) is 29.3 Å². The highest BCUT2D eigenvalue weighted by molar-refractivity contribution is 5.92. The average Bonchev–Trinajstić information content (AvgIpc) is 2.24. The third-order valence-corrected chi connectivity index (χ3v) is 3.45. The predicted molar refractivity (Wildman–Crippen MR) is 70.5 cm³/mol. The highest BCUT2D eigenvalue weighted by Crippen LogP contribution is 2.23. The van der Waals surface area contributed by atoms with Gasteiger partial charge in [-0.05, 0) is 50.5 Å². The zero-order chi connectivity index (χ0) is 12.6. The van der Waals surface area contributed by atoms with E-state index in [0.29, 0.717) is 6.04 Å². The van der Waals surface area contributed by atoms with Crippen LogP contribution in [0.1, 0.15) is 24.5 Å². The number of urea groups is 1. The second kappa shape index (κ2) is 4.40. The minimum absolute atomic E-state index is 0.105. The van der Waals surface area contributed by atoms with Gasteiger partial charge in [0.1, 0.15) is 0 Å². The van der Waals surface area contributed by atoms with Crippen molar-refractivity contribution >= 4 is 11.7 Å². The molecule has 0 aromatic heterocycles. The molecule has 0 bridgehead atoms. The van der Waals surface area contributed by atoms with E-state index in [9.17, 15) is 4.79 Å². The van der Waals surface area contributed by atoms with E-state index < -0.39 is 0 Å². The van der Waals surface area contributed by atoms with Crippen molar-refractivity contribution in [1.82, 2.24) is 4.90 Å². The lowest BCUT2D eigenvalue weighted by molar-refractivity contribution is 0.131. The van der Waals surface area contributed by atoms with E-state index in [-0.39, 0.29) is 6.03 Å². The van der Waals surface area contributed by atoms with E-state index in [1.54, 1.807) is 4.90 Å². The van der Waals surface area contributed by atoms with Gasteiger partial charge in [0.2, 0.25) is 0 Å². The third kappa shape index (κ3) is 2.28. The summed E-state index contributed by atoms with van der Waals surface area (Å²) in [5, 5.41) is 0. The summed E-state index contributed by atoms with van der Waals surface area (Å²) in [4.78, 5) is 15.9. The molecule has 0 radical (unpaired) electrons. The summed E-state index contributed by atoms with van der Waals surface area (Å²) < 4.78 is 0. The summed E-state index contributed by atoms with van der Waals surface area (Å²) in [5.74, 6) is 0. The Morgan fingerprint density at radius 1 is 1.29 bits per heavy atom. The number of hydrogen-bond donors (Lipinski definition) is 0. The molecule has 2 amide bonds. The number of benzene rings is 1. The van der Waals surface area contributed by atoms with Gasteiger partial charge in [0.05, 0.1) is 0 Å². The van der Waals surface area contributed by atoms with Crippen molar-refractivity contribution in [2.75, 3.05) is 18.5 Å². The molecule has 1 aliphatic heterocycles. The second-order valence-electron chi connectivity index (χ2n) is 5.02. The van der Waals surface area contributed by atoms with Crippen LogP contribution in [0.25, 0.3) is 0 Å². The van der Waals surface area contributed by atoms with Gasteiger partial charge < -0.3 is 4.90 Å². The van der Waals surface area contributed by atoms with Crippen LogP contribution in [0, 0.1) is 13.8 Å². The SMILES string of the molecule is Cc1cc(C)cc(N(C)C(=O)N2CCC2C)c1. The Morgan fingerprint density at radius 2 is 1.88 bits per heavy atom. The molecular weight excluding hydrogens is 212 g/mol. The summed E-state index contributed by atoms with van der Waals surface area (Å²) in [6.07, 6.45) is 1.12. The Bertz CT molecular complexity index is 422. The minimum Gasteiger partial charge on any atom is -0.322 e. The van der Waals surface area contributed by atoms with Crippen LogP contribution in [0.4, 0.5) is 10.5 Å². The van der Waals surface area contributed by atoms with Gasteiger partial charge in [-0.3, -0.25) is 4.90 Å². The van der Waals surface area contributed by atoms with Crippen molar-refractivity contribution in [2.24, 2.45) is 0 Å². The molecule has 3 heteroatoms. The molecule has 0 aliphatic carbocycles. The smallest absolute Gasteiger partial charge is 0.322 e. The lowest BCUT2D eigenvalue weighted by Crippen LogP contribution is -2.54. The fourth-order valence-corrected chi connectivity index (χ4v) is 2.25. The number of carbonyl (C=O) groups excluding carboxylic acids is 1. The maximum atomic E-state index is 12.2. The largest absolute Gasteiger partial charge is 0.324 e. The first-order chi connectivity index (χ1) is 7.99. The zero-order valence-electron chi connectivity index (χ0n) is 11.0. The molecule has 1 aliphatic rings. The van der Waals surface area contributed by atoms with Gasteiger partial charge in [-0.15, -0.1) is 0 Å². The molecule has 1 unspecified atom stereocenters. The number of nitrogens with zero attached hydrogens (tertiary/aromatic N) is 2. The molecule has 0 spiro atoms. The minimum atomic E-state index is 0.105. The van der Waals surface area contributed by atoms with Gasteiger partial charge in [-0.25, -0.2) is 4.79 Å². The fourth-order valence-electron chi connectivity index (χ4n) is 2.25. The number of likely N-dealkylation sites (tertiary alicyclic amines) is 1. The van der Waals surface area contributed by atoms with E-state index in [1.807, 2.05) is 11.9 Å². The molecule has 92 valence electrons. The Kier molecular flexibility index (Phi) is 3.09. The summed E-state index contributed by atoms with van der Waals surface area (Å²) in [7, 11) is 1.85. The van der Waals surface area contributed by atoms with Crippen LogP contribution in [0.2, 0.25) is 0 Å². The summed E-state index contributed by atoms with van der Waals surface area (Å²) in [6, 6.07) is 6.71. The van der Waals surface area contributed by atoms with Crippen molar-refractivity contribution in [2.45, 2.75) is 33.2 Å². The van der Waals surface area contributed by atoms with Gasteiger partial charge in [0.15, 0.2) is 0 Å². The summed E-state index contributed by atoms with van der Waals surface area (Å²) in [5.41, 5.74) is 3.36. The van der Waals surface area contributed by atoms with Crippen molar-refractivity contribution in [3.8, 4) is 0 Å². The molecule has 3 nitrogen and oxygen atoms in total. The van der Waals surface area contributed by atoms with E-state index in [1.165, 1.54) is 11.1 Å². The van der Waals surface area contributed by atoms with Crippen LogP contribution in [-0.2, 0) is 0 Å². The normalized spacial score (nSPS) is 18.8. The maximum Gasteiger partial charge on any atom is 0.324 e.